The van der Waals surface area contributed by atoms with E-state index in [1.54, 1.807) is 6.21 Å². The molecule has 2 saturated carbocycles. The molecule has 0 spiro atoms. The number of nitrogens with two attached hydrogens (primary N) is 1. The van der Waals surface area contributed by atoms with Crippen LogP contribution in [0.5, 0.6) is 0 Å². The molecule has 0 heterocycles. The molecule has 4 atom stereocenters. The molecular weight excluding hydrogens is 148 g/mol. The van der Waals surface area contributed by atoms with Crippen molar-refractivity contribution in [1.29, 1.82) is 5.41 Å². The lowest BCUT2D eigenvalue weighted by molar-refractivity contribution is 0.428. The molecule has 0 aliphatic heterocycles. The van der Waals surface area contributed by atoms with Gasteiger partial charge in [-0.25, -0.2) is 0 Å². The summed E-state index contributed by atoms with van der Waals surface area (Å²) >= 11 is 0. The van der Waals surface area contributed by atoms with Gasteiger partial charge in [0.1, 0.15) is 0 Å². The minimum atomic E-state index is 0.0995. The van der Waals surface area contributed by atoms with Crippen molar-refractivity contribution in [3.05, 3.63) is 0 Å². The van der Waals surface area contributed by atoms with Crippen LogP contribution in [-0.2, 0) is 0 Å². The third-order valence-electron chi connectivity index (χ3n) is 3.57. The first-order chi connectivity index (χ1) is 5.61. The second kappa shape index (κ2) is 2.56. The van der Waals surface area contributed by atoms with Gasteiger partial charge in [-0.15, -0.1) is 0 Å². The fourth-order valence-electron chi connectivity index (χ4n) is 3.18. The normalized spacial score (nSPS) is 52.3. The van der Waals surface area contributed by atoms with Gasteiger partial charge < -0.3 is 11.1 Å². The largest absolute Gasteiger partial charge is 0.325 e. The molecule has 3 N–H and O–H groups in total. The Hall–Kier alpha value is -0.370. The molecule has 2 heteroatoms. The maximum Gasteiger partial charge on any atom is 0.0131 e. The molecule has 0 radical (unpaired) electrons. The van der Waals surface area contributed by atoms with Crippen LogP contribution in [-0.4, -0.2) is 11.8 Å². The molecule has 2 rings (SSSR count). The van der Waals surface area contributed by atoms with Gasteiger partial charge in [-0.3, -0.25) is 0 Å². The van der Waals surface area contributed by atoms with Crippen LogP contribution in [0.2, 0.25) is 0 Å². The number of nitrogens with one attached hydrogen (secondary N) is 1. The standard InChI is InChI=1S/C10H18N2/c1-10(12)4-8-2-7(6-11)3-9(8)5-10/h6-9,11H,2-5,12H2,1H3/t7?,8-,9+,10?. The van der Waals surface area contributed by atoms with Crippen LogP contribution in [0.15, 0.2) is 0 Å². The molecule has 0 amide bonds. The van der Waals surface area contributed by atoms with Gasteiger partial charge in [0.2, 0.25) is 0 Å². The van der Waals surface area contributed by atoms with E-state index in [0.29, 0.717) is 5.92 Å². The molecule has 0 aromatic rings. The van der Waals surface area contributed by atoms with Crippen molar-refractivity contribution in [3.63, 3.8) is 0 Å². The summed E-state index contributed by atoms with van der Waals surface area (Å²) in [4.78, 5) is 0. The molecule has 2 aliphatic carbocycles. The monoisotopic (exact) mass is 166 g/mol. The molecule has 12 heavy (non-hydrogen) atoms. The van der Waals surface area contributed by atoms with Crippen molar-refractivity contribution in [2.75, 3.05) is 0 Å². The summed E-state index contributed by atoms with van der Waals surface area (Å²) < 4.78 is 0. The third-order valence-corrected chi connectivity index (χ3v) is 3.57. The highest BCUT2D eigenvalue weighted by Gasteiger charge is 2.44. The molecular formula is C10H18N2. The summed E-state index contributed by atoms with van der Waals surface area (Å²) in [5.74, 6) is 2.22. The van der Waals surface area contributed by atoms with Gasteiger partial charge in [0.25, 0.3) is 0 Å². The summed E-state index contributed by atoms with van der Waals surface area (Å²) in [5.41, 5.74) is 6.20. The van der Waals surface area contributed by atoms with E-state index in [9.17, 15) is 0 Å². The number of fused-ring (bicyclic) bond motifs is 1. The Morgan fingerprint density at radius 3 is 2.25 bits per heavy atom. The van der Waals surface area contributed by atoms with E-state index >= 15 is 0 Å². The first kappa shape index (κ1) is 8.24. The van der Waals surface area contributed by atoms with E-state index in [0.717, 1.165) is 11.8 Å². The molecule has 0 aromatic carbocycles. The highest BCUT2D eigenvalue weighted by molar-refractivity contribution is 5.57. The average Bonchev–Trinajstić information content (AvgIpc) is 2.40. The van der Waals surface area contributed by atoms with Crippen molar-refractivity contribution in [1.82, 2.24) is 0 Å². The molecule has 68 valence electrons. The van der Waals surface area contributed by atoms with Crippen LogP contribution in [0.4, 0.5) is 0 Å². The highest BCUT2D eigenvalue weighted by atomic mass is 14.8. The van der Waals surface area contributed by atoms with Gasteiger partial charge in [0.15, 0.2) is 0 Å². The topological polar surface area (TPSA) is 49.9 Å². The van der Waals surface area contributed by atoms with Crippen LogP contribution in [0.3, 0.4) is 0 Å². The zero-order valence-electron chi connectivity index (χ0n) is 7.72. The van der Waals surface area contributed by atoms with Gasteiger partial charge in [-0.1, -0.05) is 0 Å². The van der Waals surface area contributed by atoms with E-state index in [1.165, 1.54) is 25.7 Å². The molecule has 2 fully saturated rings. The van der Waals surface area contributed by atoms with Crippen LogP contribution < -0.4 is 5.73 Å². The lowest BCUT2D eigenvalue weighted by Gasteiger charge is -2.18. The highest BCUT2D eigenvalue weighted by Crippen LogP contribution is 2.49. The number of hydrogen-bond donors (Lipinski definition) is 2. The Labute approximate surface area is 74.0 Å². The van der Waals surface area contributed by atoms with E-state index in [2.05, 4.69) is 6.92 Å². The molecule has 0 aromatic heterocycles. The average molecular weight is 166 g/mol. The Kier molecular flexibility index (Phi) is 1.76. The molecule has 2 unspecified atom stereocenters. The fourth-order valence-corrected chi connectivity index (χ4v) is 3.18. The van der Waals surface area contributed by atoms with E-state index < -0.39 is 0 Å². The Bertz CT molecular complexity index is 182. The first-order valence-corrected chi connectivity index (χ1v) is 4.90. The van der Waals surface area contributed by atoms with Crippen LogP contribution in [0, 0.1) is 23.2 Å². The fraction of sp³-hybridized carbons (Fsp3) is 0.900. The van der Waals surface area contributed by atoms with Crippen molar-refractivity contribution in [2.24, 2.45) is 23.5 Å². The molecule has 2 nitrogen and oxygen atoms in total. The van der Waals surface area contributed by atoms with Gasteiger partial charge in [0.05, 0.1) is 0 Å². The van der Waals surface area contributed by atoms with Gasteiger partial charge in [0, 0.05) is 5.54 Å². The second-order valence-electron chi connectivity index (χ2n) is 4.98. The molecule has 2 aliphatic rings. The van der Waals surface area contributed by atoms with E-state index in [4.69, 9.17) is 11.1 Å². The smallest absolute Gasteiger partial charge is 0.0131 e. The predicted molar refractivity (Wildman–Crippen MR) is 50.3 cm³/mol. The lowest BCUT2D eigenvalue weighted by atomic mass is 9.95. The minimum absolute atomic E-state index is 0.0995. The summed E-state index contributed by atoms with van der Waals surface area (Å²) in [6.07, 6.45) is 6.44. The molecule has 0 bridgehead atoms. The minimum Gasteiger partial charge on any atom is -0.325 e. The van der Waals surface area contributed by atoms with Gasteiger partial charge in [-0.05, 0) is 56.6 Å². The van der Waals surface area contributed by atoms with Crippen molar-refractivity contribution in [2.45, 2.75) is 38.1 Å². The first-order valence-electron chi connectivity index (χ1n) is 4.90. The maximum atomic E-state index is 7.22. The maximum absolute atomic E-state index is 7.22. The zero-order chi connectivity index (χ0) is 8.77. The van der Waals surface area contributed by atoms with E-state index in [1.807, 2.05) is 0 Å². The van der Waals surface area contributed by atoms with Crippen LogP contribution in [0.25, 0.3) is 0 Å². The Morgan fingerprint density at radius 1 is 1.33 bits per heavy atom. The summed E-state index contributed by atoms with van der Waals surface area (Å²) in [6.45, 7) is 2.17. The zero-order valence-corrected chi connectivity index (χ0v) is 7.72. The second-order valence-corrected chi connectivity index (χ2v) is 4.98. The number of hydrogen-bond acceptors (Lipinski definition) is 2. The predicted octanol–water partition coefficient (Wildman–Crippen LogP) is 1.79. The summed E-state index contributed by atoms with van der Waals surface area (Å²) in [7, 11) is 0. The van der Waals surface area contributed by atoms with Crippen molar-refractivity contribution < 1.29 is 0 Å². The Morgan fingerprint density at radius 2 is 1.83 bits per heavy atom. The van der Waals surface area contributed by atoms with Crippen molar-refractivity contribution >= 4 is 6.21 Å². The Balaban J connectivity index is 2.02. The van der Waals surface area contributed by atoms with Gasteiger partial charge in [-0.2, -0.15) is 0 Å². The quantitative estimate of drug-likeness (QED) is 0.573. The van der Waals surface area contributed by atoms with Crippen LogP contribution >= 0.6 is 0 Å². The SMILES string of the molecule is CC1(N)C[C@H]2CC(C=N)C[C@H]2C1. The summed E-state index contributed by atoms with van der Waals surface area (Å²) in [6, 6.07) is 0. The number of rotatable bonds is 1. The third kappa shape index (κ3) is 1.28. The summed E-state index contributed by atoms with van der Waals surface area (Å²) in [5, 5.41) is 7.22. The van der Waals surface area contributed by atoms with Crippen LogP contribution in [0.1, 0.15) is 32.6 Å². The van der Waals surface area contributed by atoms with Gasteiger partial charge >= 0.3 is 0 Å². The molecule has 0 saturated heterocycles. The lowest BCUT2D eigenvalue weighted by Crippen LogP contribution is -2.33. The van der Waals surface area contributed by atoms with E-state index in [-0.39, 0.29) is 5.54 Å². The van der Waals surface area contributed by atoms with Crippen molar-refractivity contribution in [3.8, 4) is 0 Å².